The molecular formula is C19H27N3O. The highest BCUT2D eigenvalue weighted by molar-refractivity contribution is 5.80. The van der Waals surface area contributed by atoms with Crippen molar-refractivity contribution in [2.24, 2.45) is 10.9 Å². The van der Waals surface area contributed by atoms with Crippen LogP contribution in [0.2, 0.25) is 0 Å². The Bertz CT molecular complexity index is 576. The molecule has 0 saturated carbocycles. The zero-order valence-corrected chi connectivity index (χ0v) is 14.3. The smallest absolute Gasteiger partial charge is 0.191 e. The van der Waals surface area contributed by atoms with Gasteiger partial charge in [0.1, 0.15) is 5.76 Å². The van der Waals surface area contributed by atoms with Gasteiger partial charge in [-0.15, -0.1) is 0 Å². The standard InChI is InChI=1S/C19H27N3O/c1-15(2)14-21-19(20-12-11-18-10-7-13-23-18)22-16(3)17-8-5-4-6-9-17/h4-10,13,15-16H,11-12,14H2,1-3H3,(H2,20,21,22). The second-order valence-electron chi connectivity index (χ2n) is 6.12. The maximum Gasteiger partial charge on any atom is 0.191 e. The van der Waals surface area contributed by atoms with Crippen molar-refractivity contribution in [3.05, 3.63) is 60.1 Å². The molecule has 1 aromatic heterocycles. The van der Waals surface area contributed by atoms with E-state index in [0.29, 0.717) is 5.92 Å². The summed E-state index contributed by atoms with van der Waals surface area (Å²) in [4.78, 5) is 4.67. The summed E-state index contributed by atoms with van der Waals surface area (Å²) in [6, 6.07) is 14.5. The lowest BCUT2D eigenvalue weighted by molar-refractivity contribution is 0.506. The van der Waals surface area contributed by atoms with Crippen molar-refractivity contribution in [3.8, 4) is 0 Å². The monoisotopic (exact) mass is 313 g/mol. The number of guanidine groups is 1. The van der Waals surface area contributed by atoms with Gasteiger partial charge in [0.2, 0.25) is 0 Å². The summed E-state index contributed by atoms with van der Waals surface area (Å²) >= 11 is 0. The summed E-state index contributed by atoms with van der Waals surface area (Å²) in [5, 5.41) is 6.87. The second-order valence-corrected chi connectivity index (χ2v) is 6.12. The molecular weight excluding hydrogens is 286 g/mol. The van der Waals surface area contributed by atoms with E-state index in [4.69, 9.17) is 4.42 Å². The number of aliphatic imine (C=N–C) groups is 1. The zero-order valence-electron chi connectivity index (χ0n) is 14.3. The molecule has 0 radical (unpaired) electrons. The van der Waals surface area contributed by atoms with Crippen LogP contribution >= 0.6 is 0 Å². The van der Waals surface area contributed by atoms with Gasteiger partial charge in [0, 0.05) is 19.5 Å². The molecule has 1 unspecified atom stereocenters. The molecule has 0 aliphatic rings. The van der Waals surface area contributed by atoms with Gasteiger partial charge in [-0.1, -0.05) is 44.2 Å². The minimum absolute atomic E-state index is 0.207. The van der Waals surface area contributed by atoms with Gasteiger partial charge < -0.3 is 15.1 Å². The second kappa shape index (κ2) is 9.03. The average Bonchev–Trinajstić information content (AvgIpc) is 3.06. The van der Waals surface area contributed by atoms with Crippen LogP contribution in [0.3, 0.4) is 0 Å². The van der Waals surface area contributed by atoms with E-state index in [-0.39, 0.29) is 6.04 Å². The molecule has 124 valence electrons. The third kappa shape index (κ3) is 6.19. The predicted octanol–water partition coefficient (Wildman–Crippen LogP) is 3.77. The number of nitrogens with zero attached hydrogens (tertiary/aromatic N) is 1. The summed E-state index contributed by atoms with van der Waals surface area (Å²) in [6.07, 6.45) is 2.55. The van der Waals surface area contributed by atoms with Crippen molar-refractivity contribution >= 4 is 5.96 Å². The summed E-state index contributed by atoms with van der Waals surface area (Å²) in [5.74, 6) is 2.36. The van der Waals surface area contributed by atoms with Crippen LogP contribution in [-0.2, 0) is 6.42 Å². The van der Waals surface area contributed by atoms with Gasteiger partial charge in [0.15, 0.2) is 5.96 Å². The van der Waals surface area contributed by atoms with Gasteiger partial charge in [-0.25, -0.2) is 0 Å². The van der Waals surface area contributed by atoms with Crippen LogP contribution in [0.5, 0.6) is 0 Å². The number of benzene rings is 1. The molecule has 1 heterocycles. The maximum absolute atomic E-state index is 5.36. The Kier molecular flexibility index (Phi) is 6.73. The lowest BCUT2D eigenvalue weighted by Crippen LogP contribution is -2.40. The molecule has 0 saturated heterocycles. The Labute approximate surface area is 139 Å². The molecule has 4 heteroatoms. The molecule has 0 aliphatic carbocycles. The van der Waals surface area contributed by atoms with E-state index in [1.165, 1.54) is 5.56 Å². The number of furan rings is 1. The summed E-state index contributed by atoms with van der Waals surface area (Å²) in [7, 11) is 0. The first-order valence-electron chi connectivity index (χ1n) is 8.27. The first-order chi connectivity index (χ1) is 11.1. The van der Waals surface area contributed by atoms with Gasteiger partial charge in [-0.3, -0.25) is 4.99 Å². The molecule has 1 atom stereocenters. The molecule has 0 aliphatic heterocycles. The largest absolute Gasteiger partial charge is 0.469 e. The molecule has 0 amide bonds. The van der Waals surface area contributed by atoms with Crippen molar-refractivity contribution in [3.63, 3.8) is 0 Å². The van der Waals surface area contributed by atoms with Crippen molar-refractivity contribution in [1.29, 1.82) is 0 Å². The quantitative estimate of drug-likeness (QED) is 0.604. The lowest BCUT2D eigenvalue weighted by Gasteiger charge is -2.19. The minimum Gasteiger partial charge on any atom is -0.469 e. The van der Waals surface area contributed by atoms with Crippen molar-refractivity contribution < 1.29 is 4.42 Å². The Morgan fingerprint density at radius 2 is 1.87 bits per heavy atom. The number of nitrogens with one attached hydrogen (secondary N) is 2. The van der Waals surface area contributed by atoms with Gasteiger partial charge in [-0.05, 0) is 30.5 Å². The number of hydrogen-bond acceptors (Lipinski definition) is 2. The summed E-state index contributed by atoms with van der Waals surface area (Å²) in [6.45, 7) is 8.08. The van der Waals surface area contributed by atoms with Gasteiger partial charge in [0.05, 0.1) is 12.3 Å². The maximum atomic E-state index is 5.36. The molecule has 23 heavy (non-hydrogen) atoms. The van der Waals surface area contributed by atoms with Gasteiger partial charge in [-0.2, -0.15) is 0 Å². The Hall–Kier alpha value is -2.23. The Balaban J connectivity index is 1.92. The van der Waals surface area contributed by atoms with Gasteiger partial charge >= 0.3 is 0 Å². The van der Waals surface area contributed by atoms with Crippen LogP contribution in [0, 0.1) is 5.92 Å². The fourth-order valence-electron chi connectivity index (χ4n) is 2.22. The van der Waals surface area contributed by atoms with E-state index >= 15 is 0 Å². The van der Waals surface area contributed by atoms with Crippen LogP contribution in [0.4, 0.5) is 0 Å². The van der Waals surface area contributed by atoms with E-state index in [1.807, 2.05) is 18.2 Å². The first kappa shape index (κ1) is 17.1. The SMILES string of the molecule is CC(C)CN=C(NCCc1ccco1)NC(C)c1ccccc1. The van der Waals surface area contributed by atoms with E-state index < -0.39 is 0 Å². The van der Waals surface area contributed by atoms with Crippen LogP contribution in [0.25, 0.3) is 0 Å². The molecule has 2 N–H and O–H groups in total. The predicted molar refractivity (Wildman–Crippen MR) is 95.5 cm³/mol. The van der Waals surface area contributed by atoms with E-state index in [9.17, 15) is 0 Å². The van der Waals surface area contributed by atoms with Crippen molar-refractivity contribution in [2.75, 3.05) is 13.1 Å². The molecule has 0 fully saturated rings. The highest BCUT2D eigenvalue weighted by atomic mass is 16.3. The fourth-order valence-corrected chi connectivity index (χ4v) is 2.22. The molecule has 2 rings (SSSR count). The number of rotatable bonds is 7. The molecule has 0 spiro atoms. The minimum atomic E-state index is 0.207. The van der Waals surface area contributed by atoms with Crippen LogP contribution in [0.1, 0.15) is 38.1 Å². The first-order valence-corrected chi connectivity index (χ1v) is 8.27. The van der Waals surface area contributed by atoms with Crippen LogP contribution < -0.4 is 10.6 Å². The fraction of sp³-hybridized carbons (Fsp3) is 0.421. The van der Waals surface area contributed by atoms with Crippen molar-refractivity contribution in [2.45, 2.75) is 33.2 Å². The molecule has 4 nitrogen and oxygen atoms in total. The third-order valence-electron chi connectivity index (χ3n) is 3.51. The Morgan fingerprint density at radius 1 is 1.09 bits per heavy atom. The lowest BCUT2D eigenvalue weighted by atomic mass is 10.1. The van der Waals surface area contributed by atoms with E-state index in [0.717, 1.165) is 31.2 Å². The van der Waals surface area contributed by atoms with Crippen molar-refractivity contribution in [1.82, 2.24) is 10.6 Å². The number of hydrogen-bond donors (Lipinski definition) is 2. The average molecular weight is 313 g/mol. The van der Waals surface area contributed by atoms with Crippen LogP contribution in [0.15, 0.2) is 58.1 Å². The van der Waals surface area contributed by atoms with Gasteiger partial charge in [0.25, 0.3) is 0 Å². The topological polar surface area (TPSA) is 49.6 Å². The van der Waals surface area contributed by atoms with E-state index in [1.54, 1.807) is 6.26 Å². The molecule has 1 aromatic carbocycles. The highest BCUT2D eigenvalue weighted by Gasteiger charge is 2.08. The summed E-state index contributed by atoms with van der Waals surface area (Å²) in [5.41, 5.74) is 1.25. The van der Waals surface area contributed by atoms with E-state index in [2.05, 4.69) is 60.7 Å². The van der Waals surface area contributed by atoms with Crippen LogP contribution in [-0.4, -0.2) is 19.0 Å². The summed E-state index contributed by atoms with van der Waals surface area (Å²) < 4.78 is 5.36. The zero-order chi connectivity index (χ0) is 16.5. The molecule has 2 aromatic rings. The normalized spacial score (nSPS) is 13.1. The third-order valence-corrected chi connectivity index (χ3v) is 3.51. The highest BCUT2D eigenvalue weighted by Crippen LogP contribution is 2.10. The molecule has 0 bridgehead atoms. The Morgan fingerprint density at radius 3 is 2.52 bits per heavy atom.